The van der Waals surface area contributed by atoms with E-state index in [1.54, 1.807) is 0 Å². The minimum absolute atomic E-state index is 0.0128. The summed E-state index contributed by atoms with van der Waals surface area (Å²) >= 11 is 3.44. The van der Waals surface area contributed by atoms with E-state index in [4.69, 9.17) is 4.52 Å². The zero-order valence-corrected chi connectivity index (χ0v) is 15.2. The van der Waals surface area contributed by atoms with Crippen molar-refractivity contribution in [1.82, 2.24) is 10.1 Å². The summed E-state index contributed by atoms with van der Waals surface area (Å²) in [6.45, 7) is 4.40. The van der Waals surface area contributed by atoms with E-state index in [1.807, 2.05) is 30.3 Å². The monoisotopic (exact) mass is 386 g/mol. The molecule has 1 heterocycles. The molecule has 0 aliphatic carbocycles. The maximum Gasteiger partial charge on any atom is 0.258 e. The van der Waals surface area contributed by atoms with Crippen molar-refractivity contribution in [2.75, 3.05) is 0 Å². The molecule has 0 saturated heterocycles. The van der Waals surface area contributed by atoms with E-state index >= 15 is 0 Å². The highest BCUT2D eigenvalue weighted by Gasteiger charge is 2.12. The molecule has 1 aromatic heterocycles. The van der Waals surface area contributed by atoms with Gasteiger partial charge >= 0.3 is 0 Å². The molecule has 1 N–H and O–H groups in total. The van der Waals surface area contributed by atoms with E-state index in [9.17, 15) is 5.11 Å². The first-order chi connectivity index (χ1) is 11.6. The van der Waals surface area contributed by atoms with Gasteiger partial charge in [-0.05, 0) is 41.7 Å². The first-order valence-electron chi connectivity index (χ1n) is 7.89. The lowest BCUT2D eigenvalue weighted by Gasteiger charge is -2.04. The summed E-state index contributed by atoms with van der Waals surface area (Å²) < 4.78 is 6.22. The van der Waals surface area contributed by atoms with E-state index < -0.39 is 0 Å². The van der Waals surface area contributed by atoms with Gasteiger partial charge in [0.1, 0.15) is 0 Å². The van der Waals surface area contributed by atoms with Gasteiger partial charge in [0, 0.05) is 15.6 Å². The van der Waals surface area contributed by atoms with Crippen molar-refractivity contribution in [3.63, 3.8) is 0 Å². The van der Waals surface area contributed by atoms with Crippen molar-refractivity contribution < 1.29 is 9.63 Å². The molecule has 3 aromatic rings. The standard InChI is InChI=1S/C19H19BrN2O2/c1-12(2)9-13-3-5-14(6-4-13)19-21-18(22-24-19)15-7-8-16(11-23)17(20)10-15/h3-8,10,12,23H,9,11H2,1-2H3. The second kappa shape index (κ2) is 7.28. The minimum Gasteiger partial charge on any atom is -0.392 e. The average Bonchev–Trinajstić information content (AvgIpc) is 3.05. The van der Waals surface area contributed by atoms with Crippen LogP contribution in [0.5, 0.6) is 0 Å². The molecule has 0 spiro atoms. The minimum atomic E-state index is -0.0128. The number of hydrogen-bond acceptors (Lipinski definition) is 4. The fourth-order valence-corrected chi connectivity index (χ4v) is 3.03. The highest BCUT2D eigenvalue weighted by atomic mass is 79.9. The Kier molecular flexibility index (Phi) is 5.11. The topological polar surface area (TPSA) is 59.2 Å². The zero-order chi connectivity index (χ0) is 17.1. The smallest absolute Gasteiger partial charge is 0.258 e. The van der Waals surface area contributed by atoms with Crippen LogP contribution in [0.1, 0.15) is 25.0 Å². The fourth-order valence-electron chi connectivity index (χ4n) is 2.53. The van der Waals surface area contributed by atoms with Crippen molar-refractivity contribution in [3.8, 4) is 22.8 Å². The highest BCUT2D eigenvalue weighted by Crippen LogP contribution is 2.27. The summed E-state index contributed by atoms with van der Waals surface area (Å²) in [5, 5.41) is 13.3. The molecule has 0 amide bonds. The van der Waals surface area contributed by atoms with Gasteiger partial charge in [-0.3, -0.25) is 0 Å². The van der Waals surface area contributed by atoms with Gasteiger partial charge in [0.05, 0.1) is 6.61 Å². The number of halogens is 1. The summed E-state index contributed by atoms with van der Waals surface area (Å²) in [6, 6.07) is 13.8. The quantitative estimate of drug-likeness (QED) is 0.680. The summed E-state index contributed by atoms with van der Waals surface area (Å²) in [5.41, 5.74) is 3.87. The summed E-state index contributed by atoms with van der Waals surface area (Å²) in [7, 11) is 0. The molecule has 0 radical (unpaired) electrons. The first-order valence-corrected chi connectivity index (χ1v) is 8.69. The number of rotatable bonds is 5. The Morgan fingerprint density at radius 1 is 1.08 bits per heavy atom. The molecule has 0 atom stereocenters. The van der Waals surface area contributed by atoms with E-state index in [1.165, 1.54) is 5.56 Å². The van der Waals surface area contributed by atoms with Crippen LogP contribution in [-0.4, -0.2) is 15.2 Å². The Balaban J connectivity index is 1.84. The van der Waals surface area contributed by atoms with Crippen molar-refractivity contribution in [2.24, 2.45) is 5.92 Å². The van der Waals surface area contributed by atoms with Crippen LogP contribution in [0, 0.1) is 5.92 Å². The van der Waals surface area contributed by atoms with Crippen molar-refractivity contribution >= 4 is 15.9 Å². The third-order valence-corrected chi connectivity index (χ3v) is 4.49. The largest absolute Gasteiger partial charge is 0.392 e. The molecule has 5 heteroatoms. The van der Waals surface area contributed by atoms with Crippen molar-refractivity contribution in [2.45, 2.75) is 26.9 Å². The number of nitrogens with zero attached hydrogens (tertiary/aromatic N) is 2. The van der Waals surface area contributed by atoms with Crippen LogP contribution in [0.25, 0.3) is 22.8 Å². The Morgan fingerprint density at radius 3 is 2.42 bits per heavy atom. The number of aliphatic hydroxyl groups is 1. The Hall–Kier alpha value is -1.98. The SMILES string of the molecule is CC(C)Cc1ccc(-c2nc(-c3ccc(CO)c(Br)c3)no2)cc1. The fraction of sp³-hybridized carbons (Fsp3) is 0.263. The van der Waals surface area contributed by atoms with Crippen LogP contribution in [0.3, 0.4) is 0 Å². The van der Waals surface area contributed by atoms with Crippen molar-refractivity contribution in [1.29, 1.82) is 0 Å². The van der Waals surface area contributed by atoms with E-state index in [0.717, 1.165) is 27.6 Å². The van der Waals surface area contributed by atoms with Crippen molar-refractivity contribution in [3.05, 3.63) is 58.1 Å². The maximum atomic E-state index is 9.23. The lowest BCUT2D eigenvalue weighted by Crippen LogP contribution is -1.93. The lowest BCUT2D eigenvalue weighted by molar-refractivity contribution is 0.281. The summed E-state index contributed by atoms with van der Waals surface area (Å²) in [4.78, 5) is 4.48. The van der Waals surface area contributed by atoms with Crippen LogP contribution in [0.15, 0.2) is 51.5 Å². The van der Waals surface area contributed by atoms with Gasteiger partial charge in [0.25, 0.3) is 5.89 Å². The first kappa shape index (κ1) is 16.9. The molecule has 0 bridgehead atoms. The molecule has 24 heavy (non-hydrogen) atoms. The third kappa shape index (κ3) is 3.74. The molecule has 2 aromatic carbocycles. The zero-order valence-electron chi connectivity index (χ0n) is 13.7. The number of aromatic nitrogens is 2. The van der Waals surface area contributed by atoms with Gasteiger partial charge in [0.15, 0.2) is 0 Å². The predicted octanol–water partition coefficient (Wildman–Crippen LogP) is 4.86. The van der Waals surface area contributed by atoms with Crippen LogP contribution < -0.4 is 0 Å². The molecule has 3 rings (SSSR count). The van der Waals surface area contributed by atoms with Gasteiger partial charge in [-0.15, -0.1) is 0 Å². The Bertz CT molecular complexity index is 826. The average molecular weight is 387 g/mol. The third-order valence-electron chi connectivity index (χ3n) is 3.75. The van der Waals surface area contributed by atoms with Gasteiger partial charge in [-0.1, -0.05) is 59.2 Å². The van der Waals surface area contributed by atoms with E-state index in [2.05, 4.69) is 52.1 Å². The molecule has 0 aliphatic rings. The van der Waals surface area contributed by atoms with Gasteiger partial charge < -0.3 is 9.63 Å². The molecule has 4 nitrogen and oxygen atoms in total. The molecular weight excluding hydrogens is 368 g/mol. The second-order valence-corrected chi connectivity index (χ2v) is 7.04. The molecule has 0 saturated carbocycles. The maximum absolute atomic E-state index is 9.23. The molecule has 0 fully saturated rings. The summed E-state index contributed by atoms with van der Waals surface area (Å²) in [6.07, 6.45) is 1.06. The van der Waals surface area contributed by atoms with Crippen LogP contribution in [0.2, 0.25) is 0 Å². The summed E-state index contributed by atoms with van der Waals surface area (Å²) in [5.74, 6) is 1.66. The highest BCUT2D eigenvalue weighted by molar-refractivity contribution is 9.10. The van der Waals surface area contributed by atoms with Crippen LogP contribution in [0.4, 0.5) is 0 Å². The Morgan fingerprint density at radius 2 is 1.79 bits per heavy atom. The van der Waals surface area contributed by atoms with Gasteiger partial charge in [-0.25, -0.2) is 0 Å². The Labute approximate surface area is 149 Å². The molecular formula is C19H19BrN2O2. The number of aliphatic hydroxyl groups excluding tert-OH is 1. The molecule has 0 aliphatic heterocycles. The van der Waals surface area contributed by atoms with Gasteiger partial charge in [0.2, 0.25) is 5.82 Å². The van der Waals surface area contributed by atoms with E-state index in [0.29, 0.717) is 17.6 Å². The van der Waals surface area contributed by atoms with Crippen LogP contribution in [-0.2, 0) is 13.0 Å². The number of benzene rings is 2. The molecule has 0 unspecified atom stereocenters. The van der Waals surface area contributed by atoms with E-state index in [-0.39, 0.29) is 6.61 Å². The lowest BCUT2D eigenvalue weighted by atomic mass is 10.0. The molecule has 124 valence electrons. The van der Waals surface area contributed by atoms with Gasteiger partial charge in [-0.2, -0.15) is 4.98 Å². The normalized spacial score (nSPS) is 11.2. The number of hydrogen-bond donors (Lipinski definition) is 1. The predicted molar refractivity (Wildman–Crippen MR) is 97.3 cm³/mol. The van der Waals surface area contributed by atoms with Crippen LogP contribution >= 0.6 is 15.9 Å². The second-order valence-electron chi connectivity index (χ2n) is 6.18.